The molecule has 0 radical (unpaired) electrons. The van der Waals surface area contributed by atoms with Crippen molar-refractivity contribution in [2.75, 3.05) is 0 Å². The van der Waals surface area contributed by atoms with E-state index in [1.54, 1.807) is 0 Å². The number of nitrogens with zero attached hydrogens (tertiary/aromatic N) is 3. The second-order valence-electron chi connectivity index (χ2n) is 11.1. The van der Waals surface area contributed by atoms with Gasteiger partial charge >= 0.3 is 0 Å². The largest absolute Gasteiger partial charge is 0.456 e. The molecule has 0 amide bonds. The summed E-state index contributed by atoms with van der Waals surface area (Å²) in [6.45, 7) is 0. The maximum atomic E-state index is 6.45. The van der Waals surface area contributed by atoms with Gasteiger partial charge in [-0.2, -0.15) is 0 Å². The van der Waals surface area contributed by atoms with E-state index in [1.165, 1.54) is 5.56 Å². The number of allylic oxidation sites excluding steroid dienone is 4. The van der Waals surface area contributed by atoms with Gasteiger partial charge in [0.1, 0.15) is 22.3 Å². The van der Waals surface area contributed by atoms with Gasteiger partial charge in [-0.05, 0) is 42.3 Å². The smallest absolute Gasteiger partial charge is 0.164 e. The second-order valence-corrected chi connectivity index (χ2v) is 11.1. The van der Waals surface area contributed by atoms with Crippen LogP contribution < -0.4 is 0 Å². The lowest BCUT2D eigenvalue weighted by Crippen LogP contribution is -2.02. The molecule has 5 aromatic carbocycles. The summed E-state index contributed by atoms with van der Waals surface area (Å²) in [6, 6.07) is 36.8. The zero-order valence-corrected chi connectivity index (χ0v) is 23.6. The first-order valence-corrected chi connectivity index (χ1v) is 14.8. The molecule has 44 heavy (non-hydrogen) atoms. The first-order valence-electron chi connectivity index (χ1n) is 14.8. The van der Waals surface area contributed by atoms with E-state index in [0.717, 1.165) is 67.0 Å². The van der Waals surface area contributed by atoms with Crippen molar-refractivity contribution in [2.24, 2.45) is 0 Å². The summed E-state index contributed by atoms with van der Waals surface area (Å²) >= 11 is 0. The summed E-state index contributed by atoms with van der Waals surface area (Å²) in [6.07, 6.45) is 9.59. The van der Waals surface area contributed by atoms with E-state index < -0.39 is 0 Å². The highest BCUT2D eigenvalue weighted by Crippen LogP contribution is 2.41. The number of benzene rings is 5. The highest BCUT2D eigenvalue weighted by atomic mass is 16.3. The molecule has 0 aliphatic heterocycles. The Kier molecular flexibility index (Phi) is 5.56. The van der Waals surface area contributed by atoms with Gasteiger partial charge in [0.15, 0.2) is 17.5 Å². The summed E-state index contributed by atoms with van der Waals surface area (Å²) in [7, 11) is 0. The predicted octanol–water partition coefficient (Wildman–Crippen LogP) is 10.3. The molecule has 1 aliphatic carbocycles. The Morgan fingerprint density at radius 1 is 0.523 bits per heavy atom. The Bertz CT molecular complexity index is 2430. The Morgan fingerprint density at radius 3 is 1.91 bits per heavy atom. The molecule has 0 N–H and O–H groups in total. The van der Waals surface area contributed by atoms with Gasteiger partial charge < -0.3 is 8.83 Å². The third-order valence-electron chi connectivity index (χ3n) is 8.46. The maximum absolute atomic E-state index is 6.45. The van der Waals surface area contributed by atoms with E-state index in [1.807, 2.05) is 78.9 Å². The minimum Gasteiger partial charge on any atom is -0.456 e. The standard InChI is InChI=1S/C39H25N3O2/c1-3-12-24(13-4-1)26-22-30(36-28-17-8-10-20-32(28)44-34(36)23-26)39-41-37(25-14-5-2-6-15-25)40-38(42-39)29-18-11-21-33-35(29)27-16-7-9-19-31(27)43-33/h1-12,14-24H,13H2. The molecule has 208 valence electrons. The van der Waals surface area contributed by atoms with Crippen LogP contribution in [0.3, 0.4) is 0 Å². The minimum absolute atomic E-state index is 0.234. The van der Waals surface area contributed by atoms with E-state index in [-0.39, 0.29) is 5.92 Å². The highest BCUT2D eigenvalue weighted by molar-refractivity contribution is 6.13. The fourth-order valence-electron chi connectivity index (χ4n) is 6.39. The number of rotatable bonds is 4. The molecule has 5 nitrogen and oxygen atoms in total. The molecule has 0 saturated heterocycles. The minimum atomic E-state index is 0.234. The molecular weight excluding hydrogens is 542 g/mol. The first-order chi connectivity index (χ1) is 21.8. The Balaban J connectivity index is 1.36. The number of aromatic nitrogens is 3. The van der Waals surface area contributed by atoms with Crippen LogP contribution in [0.15, 0.2) is 142 Å². The van der Waals surface area contributed by atoms with E-state index in [9.17, 15) is 0 Å². The maximum Gasteiger partial charge on any atom is 0.164 e. The van der Waals surface area contributed by atoms with Crippen LogP contribution in [-0.4, -0.2) is 15.0 Å². The molecule has 3 heterocycles. The van der Waals surface area contributed by atoms with Crippen LogP contribution in [0.25, 0.3) is 78.0 Å². The van der Waals surface area contributed by atoms with Crippen LogP contribution in [0, 0.1) is 0 Å². The molecule has 9 rings (SSSR count). The number of para-hydroxylation sites is 2. The van der Waals surface area contributed by atoms with Crippen LogP contribution in [0.1, 0.15) is 17.9 Å². The first kappa shape index (κ1) is 24.8. The molecule has 1 atom stereocenters. The lowest BCUT2D eigenvalue weighted by atomic mass is 9.90. The van der Waals surface area contributed by atoms with Crippen molar-refractivity contribution in [3.63, 3.8) is 0 Å². The van der Waals surface area contributed by atoms with Crippen LogP contribution >= 0.6 is 0 Å². The van der Waals surface area contributed by atoms with Gasteiger partial charge in [0.05, 0.1) is 0 Å². The molecule has 0 fully saturated rings. The normalized spacial score (nSPS) is 14.8. The number of hydrogen-bond acceptors (Lipinski definition) is 5. The van der Waals surface area contributed by atoms with E-state index in [0.29, 0.717) is 17.5 Å². The van der Waals surface area contributed by atoms with E-state index >= 15 is 0 Å². The van der Waals surface area contributed by atoms with Gasteiger partial charge in [0.2, 0.25) is 0 Å². The highest BCUT2D eigenvalue weighted by Gasteiger charge is 2.22. The van der Waals surface area contributed by atoms with Gasteiger partial charge in [-0.25, -0.2) is 15.0 Å². The quantitative estimate of drug-likeness (QED) is 0.212. The van der Waals surface area contributed by atoms with Crippen molar-refractivity contribution in [3.05, 3.63) is 139 Å². The third kappa shape index (κ3) is 3.97. The number of fused-ring (bicyclic) bond motifs is 6. The van der Waals surface area contributed by atoms with Crippen molar-refractivity contribution in [2.45, 2.75) is 12.3 Å². The van der Waals surface area contributed by atoms with Gasteiger partial charge in [0, 0.05) is 44.2 Å². The van der Waals surface area contributed by atoms with Crippen LogP contribution in [0.2, 0.25) is 0 Å². The van der Waals surface area contributed by atoms with Crippen molar-refractivity contribution in [1.82, 2.24) is 15.0 Å². The summed E-state index contributed by atoms with van der Waals surface area (Å²) in [5.74, 6) is 2.05. The fourth-order valence-corrected chi connectivity index (χ4v) is 6.39. The van der Waals surface area contributed by atoms with E-state index in [4.69, 9.17) is 23.8 Å². The third-order valence-corrected chi connectivity index (χ3v) is 8.46. The zero-order chi connectivity index (χ0) is 29.0. The van der Waals surface area contributed by atoms with Crippen molar-refractivity contribution in [3.8, 4) is 34.2 Å². The summed E-state index contributed by atoms with van der Waals surface area (Å²) in [4.78, 5) is 15.4. The van der Waals surface area contributed by atoms with Crippen molar-refractivity contribution in [1.29, 1.82) is 0 Å². The topological polar surface area (TPSA) is 65.0 Å². The van der Waals surface area contributed by atoms with Crippen LogP contribution in [0.4, 0.5) is 0 Å². The molecule has 1 aliphatic rings. The monoisotopic (exact) mass is 567 g/mol. The van der Waals surface area contributed by atoms with Crippen LogP contribution in [0.5, 0.6) is 0 Å². The molecular formula is C39H25N3O2. The van der Waals surface area contributed by atoms with Gasteiger partial charge in [-0.1, -0.05) is 103 Å². The fraction of sp³-hybridized carbons (Fsp3) is 0.0513. The SMILES string of the molecule is C1=CCC(c2cc(-c3nc(-c4ccccc4)nc(-c4cccc5oc6ccccc6c45)n3)c3c(c2)oc2ccccc23)C=C1. The van der Waals surface area contributed by atoms with Gasteiger partial charge in [-0.3, -0.25) is 0 Å². The van der Waals surface area contributed by atoms with Gasteiger partial charge in [0.25, 0.3) is 0 Å². The molecule has 0 bridgehead atoms. The number of hydrogen-bond donors (Lipinski definition) is 0. The Labute approximate surface area is 252 Å². The molecule has 5 heteroatoms. The lowest BCUT2D eigenvalue weighted by Gasteiger charge is -2.16. The molecule has 3 aromatic heterocycles. The second kappa shape index (κ2) is 9.89. The van der Waals surface area contributed by atoms with Crippen molar-refractivity contribution < 1.29 is 8.83 Å². The van der Waals surface area contributed by atoms with Gasteiger partial charge in [-0.15, -0.1) is 0 Å². The molecule has 0 saturated carbocycles. The van der Waals surface area contributed by atoms with Crippen LogP contribution in [-0.2, 0) is 0 Å². The molecule has 1 unspecified atom stereocenters. The number of furan rings is 2. The zero-order valence-electron chi connectivity index (χ0n) is 23.6. The Morgan fingerprint density at radius 2 is 1.16 bits per heavy atom. The van der Waals surface area contributed by atoms with E-state index in [2.05, 4.69) is 54.6 Å². The Hall–Kier alpha value is -5.81. The van der Waals surface area contributed by atoms with Crippen molar-refractivity contribution >= 4 is 43.9 Å². The summed E-state index contributed by atoms with van der Waals surface area (Å²) in [5, 5.41) is 4.06. The summed E-state index contributed by atoms with van der Waals surface area (Å²) in [5.41, 5.74) is 7.22. The molecule has 0 spiro atoms. The average molecular weight is 568 g/mol. The lowest BCUT2D eigenvalue weighted by molar-refractivity contribution is 0.667. The summed E-state index contributed by atoms with van der Waals surface area (Å²) < 4.78 is 12.7. The average Bonchev–Trinajstić information content (AvgIpc) is 3.67. The predicted molar refractivity (Wildman–Crippen MR) is 176 cm³/mol. The molecule has 8 aromatic rings.